The fourth-order valence-corrected chi connectivity index (χ4v) is 2.05. The molecule has 1 aliphatic carbocycles. The molecular formula is C14H25N5. The van der Waals surface area contributed by atoms with Gasteiger partial charge in [0.1, 0.15) is 0 Å². The number of hydrogen-bond acceptors (Lipinski definition) is 2. The SMILES string of the molecule is CCNC(=NCCCn1nc(C)cc1C)NC1CC1. The largest absolute Gasteiger partial charge is 0.357 e. The van der Waals surface area contributed by atoms with Gasteiger partial charge < -0.3 is 10.6 Å². The van der Waals surface area contributed by atoms with E-state index >= 15 is 0 Å². The van der Waals surface area contributed by atoms with E-state index in [1.165, 1.54) is 18.5 Å². The summed E-state index contributed by atoms with van der Waals surface area (Å²) in [6.45, 7) is 8.91. The van der Waals surface area contributed by atoms with E-state index in [-0.39, 0.29) is 0 Å². The van der Waals surface area contributed by atoms with Gasteiger partial charge in [-0.25, -0.2) is 0 Å². The average Bonchev–Trinajstić information content (AvgIpc) is 3.11. The first-order chi connectivity index (χ1) is 9.19. The Morgan fingerprint density at radius 2 is 2.26 bits per heavy atom. The van der Waals surface area contributed by atoms with E-state index in [1.807, 2.05) is 6.92 Å². The fraction of sp³-hybridized carbons (Fsp3) is 0.714. The van der Waals surface area contributed by atoms with Crippen LogP contribution >= 0.6 is 0 Å². The second-order valence-corrected chi connectivity index (χ2v) is 5.18. The minimum atomic E-state index is 0.647. The minimum absolute atomic E-state index is 0.647. The van der Waals surface area contributed by atoms with E-state index in [2.05, 4.69) is 45.3 Å². The summed E-state index contributed by atoms with van der Waals surface area (Å²) < 4.78 is 2.06. The van der Waals surface area contributed by atoms with Gasteiger partial charge in [0.2, 0.25) is 0 Å². The molecule has 2 rings (SSSR count). The van der Waals surface area contributed by atoms with Crippen molar-refractivity contribution in [3.63, 3.8) is 0 Å². The van der Waals surface area contributed by atoms with Crippen molar-refractivity contribution in [1.29, 1.82) is 0 Å². The summed E-state index contributed by atoms with van der Waals surface area (Å²) in [6.07, 6.45) is 3.57. The molecule has 5 heteroatoms. The van der Waals surface area contributed by atoms with Crippen LogP contribution in [0.5, 0.6) is 0 Å². The summed E-state index contributed by atoms with van der Waals surface area (Å²) >= 11 is 0. The van der Waals surface area contributed by atoms with Crippen molar-refractivity contribution < 1.29 is 0 Å². The molecule has 0 radical (unpaired) electrons. The van der Waals surface area contributed by atoms with Gasteiger partial charge in [-0.05, 0) is 46.1 Å². The Kier molecular flexibility index (Phi) is 4.82. The van der Waals surface area contributed by atoms with Crippen molar-refractivity contribution in [1.82, 2.24) is 20.4 Å². The molecule has 1 aliphatic rings. The topological polar surface area (TPSA) is 54.2 Å². The Hall–Kier alpha value is -1.52. The maximum Gasteiger partial charge on any atom is 0.191 e. The highest BCUT2D eigenvalue weighted by atomic mass is 15.3. The number of aromatic nitrogens is 2. The number of hydrogen-bond donors (Lipinski definition) is 2. The van der Waals surface area contributed by atoms with Gasteiger partial charge in [0.25, 0.3) is 0 Å². The lowest BCUT2D eigenvalue weighted by Crippen LogP contribution is -2.38. The summed E-state index contributed by atoms with van der Waals surface area (Å²) in [6, 6.07) is 2.76. The standard InChI is InChI=1S/C14H25N5/c1-4-15-14(17-13-6-7-13)16-8-5-9-19-12(3)10-11(2)18-19/h10,13H,4-9H2,1-3H3,(H2,15,16,17). The molecule has 1 aromatic rings. The van der Waals surface area contributed by atoms with Crippen LogP contribution in [-0.2, 0) is 6.54 Å². The number of aliphatic imine (C=N–C) groups is 1. The Morgan fingerprint density at radius 3 is 2.84 bits per heavy atom. The summed E-state index contributed by atoms with van der Waals surface area (Å²) in [4.78, 5) is 4.60. The van der Waals surface area contributed by atoms with Crippen molar-refractivity contribution >= 4 is 5.96 Å². The van der Waals surface area contributed by atoms with Crippen LogP contribution in [-0.4, -0.2) is 34.9 Å². The summed E-state index contributed by atoms with van der Waals surface area (Å²) in [7, 11) is 0. The van der Waals surface area contributed by atoms with Crippen LogP contribution in [0.25, 0.3) is 0 Å². The normalized spacial score (nSPS) is 15.6. The zero-order valence-corrected chi connectivity index (χ0v) is 12.2. The molecule has 0 saturated heterocycles. The van der Waals surface area contributed by atoms with Crippen molar-refractivity contribution in [3.05, 3.63) is 17.5 Å². The van der Waals surface area contributed by atoms with E-state index in [4.69, 9.17) is 0 Å². The van der Waals surface area contributed by atoms with Gasteiger partial charge in [-0.2, -0.15) is 5.10 Å². The molecule has 0 atom stereocenters. The van der Waals surface area contributed by atoms with Gasteiger partial charge in [-0.15, -0.1) is 0 Å². The Bertz CT molecular complexity index is 431. The number of rotatable bonds is 6. The molecule has 0 aliphatic heterocycles. The molecule has 106 valence electrons. The number of guanidine groups is 1. The quantitative estimate of drug-likeness (QED) is 0.466. The van der Waals surface area contributed by atoms with Crippen LogP contribution in [0.1, 0.15) is 37.6 Å². The van der Waals surface area contributed by atoms with E-state index in [0.717, 1.165) is 37.7 Å². The van der Waals surface area contributed by atoms with Crippen molar-refractivity contribution in [3.8, 4) is 0 Å². The lowest BCUT2D eigenvalue weighted by atomic mass is 10.4. The Balaban J connectivity index is 1.75. The first kappa shape index (κ1) is 13.9. The summed E-state index contributed by atoms with van der Waals surface area (Å²) in [5, 5.41) is 11.2. The zero-order valence-electron chi connectivity index (χ0n) is 12.2. The Morgan fingerprint density at radius 1 is 1.47 bits per heavy atom. The summed E-state index contributed by atoms with van der Waals surface area (Å²) in [5.74, 6) is 0.957. The molecular weight excluding hydrogens is 238 g/mol. The molecule has 0 aromatic carbocycles. The van der Waals surface area contributed by atoms with Crippen molar-refractivity contribution in [2.75, 3.05) is 13.1 Å². The van der Waals surface area contributed by atoms with Crippen LogP contribution in [0.2, 0.25) is 0 Å². The maximum atomic E-state index is 4.60. The molecule has 1 heterocycles. The van der Waals surface area contributed by atoms with E-state index < -0.39 is 0 Å². The monoisotopic (exact) mass is 263 g/mol. The summed E-state index contributed by atoms with van der Waals surface area (Å²) in [5.41, 5.74) is 2.31. The molecule has 2 N–H and O–H groups in total. The van der Waals surface area contributed by atoms with Gasteiger partial charge >= 0.3 is 0 Å². The first-order valence-electron chi connectivity index (χ1n) is 7.25. The van der Waals surface area contributed by atoms with Crippen LogP contribution < -0.4 is 10.6 Å². The lowest BCUT2D eigenvalue weighted by molar-refractivity contribution is 0.567. The van der Waals surface area contributed by atoms with Crippen molar-refractivity contribution in [2.45, 2.75) is 52.6 Å². The molecule has 1 fully saturated rings. The molecule has 1 saturated carbocycles. The van der Waals surface area contributed by atoms with Gasteiger partial charge in [-0.1, -0.05) is 0 Å². The molecule has 5 nitrogen and oxygen atoms in total. The second kappa shape index (κ2) is 6.59. The molecule has 1 aromatic heterocycles. The average molecular weight is 263 g/mol. The second-order valence-electron chi connectivity index (χ2n) is 5.18. The van der Waals surface area contributed by atoms with E-state index in [0.29, 0.717) is 6.04 Å². The van der Waals surface area contributed by atoms with Crippen LogP contribution in [0.3, 0.4) is 0 Å². The lowest BCUT2D eigenvalue weighted by Gasteiger charge is -2.10. The molecule has 0 unspecified atom stereocenters. The van der Waals surface area contributed by atoms with Crippen LogP contribution in [0.4, 0.5) is 0 Å². The fourth-order valence-electron chi connectivity index (χ4n) is 2.05. The van der Waals surface area contributed by atoms with E-state index in [1.54, 1.807) is 0 Å². The molecule has 0 bridgehead atoms. The number of nitrogens with one attached hydrogen (secondary N) is 2. The van der Waals surface area contributed by atoms with Gasteiger partial charge in [0, 0.05) is 31.4 Å². The minimum Gasteiger partial charge on any atom is -0.357 e. The highest BCUT2D eigenvalue weighted by molar-refractivity contribution is 5.80. The van der Waals surface area contributed by atoms with Gasteiger partial charge in [-0.3, -0.25) is 9.67 Å². The Labute approximate surface area is 115 Å². The molecule has 0 spiro atoms. The third-order valence-corrected chi connectivity index (χ3v) is 3.16. The van der Waals surface area contributed by atoms with Crippen LogP contribution in [0, 0.1) is 13.8 Å². The maximum absolute atomic E-state index is 4.60. The van der Waals surface area contributed by atoms with E-state index in [9.17, 15) is 0 Å². The smallest absolute Gasteiger partial charge is 0.191 e. The zero-order chi connectivity index (χ0) is 13.7. The van der Waals surface area contributed by atoms with Gasteiger partial charge in [0.15, 0.2) is 5.96 Å². The number of aryl methyl sites for hydroxylation is 3. The predicted octanol–water partition coefficient (Wildman–Crippen LogP) is 1.61. The van der Waals surface area contributed by atoms with Gasteiger partial charge in [0.05, 0.1) is 5.69 Å². The first-order valence-corrected chi connectivity index (χ1v) is 7.25. The third-order valence-electron chi connectivity index (χ3n) is 3.16. The van der Waals surface area contributed by atoms with Crippen LogP contribution in [0.15, 0.2) is 11.1 Å². The number of nitrogens with zero attached hydrogens (tertiary/aromatic N) is 3. The molecule has 0 amide bonds. The highest BCUT2D eigenvalue weighted by Gasteiger charge is 2.21. The third kappa shape index (κ3) is 4.58. The predicted molar refractivity (Wildman–Crippen MR) is 78.5 cm³/mol. The highest BCUT2D eigenvalue weighted by Crippen LogP contribution is 2.18. The van der Waals surface area contributed by atoms with Crippen molar-refractivity contribution in [2.24, 2.45) is 4.99 Å². The molecule has 19 heavy (non-hydrogen) atoms.